The van der Waals surface area contributed by atoms with Crippen molar-refractivity contribution >= 4 is 29.1 Å². The van der Waals surface area contributed by atoms with E-state index in [9.17, 15) is 9.59 Å². The van der Waals surface area contributed by atoms with Gasteiger partial charge in [-0.15, -0.1) is 0 Å². The van der Waals surface area contributed by atoms with Gasteiger partial charge in [-0.1, -0.05) is 29.8 Å². The molecule has 1 amide bonds. The number of rotatable bonds is 7. The van der Waals surface area contributed by atoms with Crippen LogP contribution in [-0.4, -0.2) is 35.9 Å². The second kappa shape index (κ2) is 7.39. The maximum Gasteiger partial charge on any atom is 0.314 e. The van der Waals surface area contributed by atoms with Crippen LogP contribution in [0.2, 0.25) is 5.02 Å². The van der Waals surface area contributed by atoms with E-state index in [0.29, 0.717) is 17.2 Å². The lowest BCUT2D eigenvalue weighted by atomic mass is 9.99. The molecule has 0 unspecified atom stereocenters. The van der Waals surface area contributed by atoms with Crippen LogP contribution in [-0.2, 0) is 23.9 Å². The first-order valence-corrected chi connectivity index (χ1v) is 9.02. The Morgan fingerprint density at radius 2 is 2.00 bits per heavy atom. The van der Waals surface area contributed by atoms with Gasteiger partial charge in [-0.2, -0.15) is 0 Å². The van der Waals surface area contributed by atoms with Gasteiger partial charge in [0.2, 0.25) is 0 Å². The Morgan fingerprint density at radius 1 is 1.31 bits per heavy atom. The molecule has 0 aromatic heterocycles. The molecular weight excluding hydrogens is 358 g/mol. The van der Waals surface area contributed by atoms with E-state index in [1.165, 1.54) is 5.06 Å². The van der Waals surface area contributed by atoms with Crippen molar-refractivity contribution in [2.75, 3.05) is 13.4 Å². The van der Waals surface area contributed by atoms with Gasteiger partial charge < -0.3 is 9.47 Å². The first kappa shape index (κ1) is 18.9. The number of carbonyl (C=O) groups excluding carboxylic acids is 2. The number of halogens is 1. The number of hydrogen-bond donors (Lipinski definition) is 0. The number of esters is 1. The second-order valence-corrected chi connectivity index (χ2v) is 7.18. The van der Waals surface area contributed by atoms with Crippen molar-refractivity contribution in [1.29, 1.82) is 0 Å². The van der Waals surface area contributed by atoms with Crippen LogP contribution in [0.3, 0.4) is 0 Å². The number of benzene rings is 1. The Balaban J connectivity index is 2.01. The van der Waals surface area contributed by atoms with Gasteiger partial charge in [-0.25, -0.2) is 9.90 Å². The highest BCUT2D eigenvalue weighted by Gasteiger charge is 2.51. The minimum atomic E-state index is -0.979. The molecule has 0 spiro atoms. The zero-order valence-electron chi connectivity index (χ0n) is 15.1. The molecule has 0 radical (unpaired) electrons. The molecule has 1 aliphatic carbocycles. The summed E-state index contributed by atoms with van der Waals surface area (Å²) in [6.45, 7) is 5.73. The average Bonchev–Trinajstić information content (AvgIpc) is 3.41. The lowest BCUT2D eigenvalue weighted by molar-refractivity contribution is -0.243. The molecule has 26 heavy (non-hydrogen) atoms. The molecule has 1 aromatic carbocycles. The fraction of sp³-hybridized carbons (Fsp3) is 0.474. The Bertz CT molecular complexity index is 754. The third-order valence-electron chi connectivity index (χ3n) is 4.41. The lowest BCUT2D eigenvalue weighted by Gasteiger charge is -2.31. The SMILES string of the molecule is CCOCON1C(=O)C(c2ccccc2Cl)=C(OC(=O)C2CC2)C1(C)C. The summed E-state index contributed by atoms with van der Waals surface area (Å²) >= 11 is 6.30. The molecule has 2 aliphatic rings. The zero-order valence-corrected chi connectivity index (χ0v) is 15.8. The van der Waals surface area contributed by atoms with E-state index in [1.807, 2.05) is 6.92 Å². The van der Waals surface area contributed by atoms with E-state index in [1.54, 1.807) is 38.1 Å². The van der Waals surface area contributed by atoms with Crippen LogP contribution < -0.4 is 0 Å². The number of hydrogen-bond acceptors (Lipinski definition) is 5. The molecule has 3 rings (SSSR count). The van der Waals surface area contributed by atoms with Gasteiger partial charge in [0.1, 0.15) is 11.3 Å². The van der Waals surface area contributed by atoms with Crippen LogP contribution in [0.1, 0.15) is 39.2 Å². The number of hydroxylamine groups is 2. The second-order valence-electron chi connectivity index (χ2n) is 6.78. The zero-order chi connectivity index (χ0) is 18.9. The predicted octanol–water partition coefficient (Wildman–Crippen LogP) is 3.55. The minimum Gasteiger partial charge on any atom is -0.427 e. The Labute approximate surface area is 157 Å². The molecule has 1 heterocycles. The monoisotopic (exact) mass is 379 g/mol. The molecular formula is C19H22ClNO5. The minimum absolute atomic E-state index is 0.0781. The third kappa shape index (κ3) is 3.49. The lowest BCUT2D eigenvalue weighted by Crippen LogP contribution is -2.44. The van der Waals surface area contributed by atoms with E-state index in [4.69, 9.17) is 25.9 Å². The number of carbonyl (C=O) groups is 2. The van der Waals surface area contributed by atoms with Crippen molar-refractivity contribution < 1.29 is 23.9 Å². The maximum atomic E-state index is 13.1. The van der Waals surface area contributed by atoms with Gasteiger partial charge >= 0.3 is 5.97 Å². The van der Waals surface area contributed by atoms with Gasteiger partial charge in [0.15, 0.2) is 6.79 Å². The van der Waals surface area contributed by atoms with Gasteiger partial charge in [0, 0.05) is 17.2 Å². The number of nitrogens with zero attached hydrogens (tertiary/aromatic N) is 1. The highest BCUT2D eigenvalue weighted by atomic mass is 35.5. The van der Waals surface area contributed by atoms with Crippen LogP contribution in [0.4, 0.5) is 0 Å². The fourth-order valence-electron chi connectivity index (χ4n) is 2.82. The van der Waals surface area contributed by atoms with E-state index in [2.05, 4.69) is 0 Å². The summed E-state index contributed by atoms with van der Waals surface area (Å²) in [5.74, 6) is -0.582. The van der Waals surface area contributed by atoms with E-state index in [-0.39, 0.29) is 30.0 Å². The van der Waals surface area contributed by atoms with Crippen molar-refractivity contribution in [2.24, 2.45) is 5.92 Å². The maximum absolute atomic E-state index is 13.1. The third-order valence-corrected chi connectivity index (χ3v) is 4.74. The smallest absolute Gasteiger partial charge is 0.314 e. The molecule has 140 valence electrons. The van der Waals surface area contributed by atoms with Crippen molar-refractivity contribution in [1.82, 2.24) is 5.06 Å². The molecule has 0 atom stereocenters. The standard InChI is InChI=1S/C19H22ClNO5/c1-4-24-11-25-21-17(22)15(13-7-5-6-8-14(13)20)16(19(21,2)3)26-18(23)12-9-10-12/h5-8,12H,4,9-11H2,1-3H3. The molecule has 1 aliphatic heterocycles. The van der Waals surface area contributed by atoms with Crippen LogP contribution >= 0.6 is 11.6 Å². The molecule has 7 heteroatoms. The van der Waals surface area contributed by atoms with Crippen molar-refractivity contribution in [3.05, 3.63) is 40.6 Å². The van der Waals surface area contributed by atoms with E-state index >= 15 is 0 Å². The first-order chi connectivity index (χ1) is 12.4. The van der Waals surface area contributed by atoms with Gasteiger partial charge in [-0.3, -0.25) is 9.59 Å². The van der Waals surface area contributed by atoms with Crippen molar-refractivity contribution in [3.8, 4) is 0 Å². The highest BCUT2D eigenvalue weighted by Crippen LogP contribution is 2.44. The Morgan fingerprint density at radius 3 is 2.62 bits per heavy atom. The molecule has 0 saturated heterocycles. The molecule has 0 bridgehead atoms. The Kier molecular flexibility index (Phi) is 5.37. The van der Waals surface area contributed by atoms with Crippen LogP contribution in [0.15, 0.2) is 30.0 Å². The summed E-state index contributed by atoms with van der Waals surface area (Å²) in [5, 5.41) is 1.59. The topological polar surface area (TPSA) is 65.1 Å². The van der Waals surface area contributed by atoms with E-state index in [0.717, 1.165) is 12.8 Å². The quantitative estimate of drug-likeness (QED) is 0.412. The van der Waals surface area contributed by atoms with Crippen molar-refractivity contribution in [3.63, 3.8) is 0 Å². The fourth-order valence-corrected chi connectivity index (χ4v) is 3.05. The van der Waals surface area contributed by atoms with Gasteiger partial charge in [-0.05, 0) is 39.7 Å². The number of amides is 1. The Hall–Kier alpha value is -1.89. The van der Waals surface area contributed by atoms with Crippen LogP contribution in [0, 0.1) is 5.92 Å². The van der Waals surface area contributed by atoms with Gasteiger partial charge in [0.05, 0.1) is 11.5 Å². The van der Waals surface area contributed by atoms with Gasteiger partial charge in [0.25, 0.3) is 5.91 Å². The molecule has 1 fully saturated rings. The predicted molar refractivity (Wildman–Crippen MR) is 95.7 cm³/mol. The first-order valence-electron chi connectivity index (χ1n) is 8.64. The average molecular weight is 380 g/mol. The van der Waals surface area contributed by atoms with E-state index < -0.39 is 11.4 Å². The summed E-state index contributed by atoms with van der Waals surface area (Å²) in [7, 11) is 0. The van der Waals surface area contributed by atoms with Crippen molar-refractivity contribution in [2.45, 2.75) is 39.2 Å². The molecule has 6 nitrogen and oxygen atoms in total. The largest absolute Gasteiger partial charge is 0.427 e. The summed E-state index contributed by atoms with van der Waals surface area (Å²) in [6, 6.07) is 6.96. The summed E-state index contributed by atoms with van der Waals surface area (Å²) in [4.78, 5) is 30.9. The summed E-state index contributed by atoms with van der Waals surface area (Å²) in [5.41, 5.74) is -0.229. The normalized spacial score (nSPS) is 19.2. The molecule has 0 N–H and O–H groups in total. The van der Waals surface area contributed by atoms with Crippen LogP contribution in [0.5, 0.6) is 0 Å². The summed E-state index contributed by atoms with van der Waals surface area (Å²) in [6.07, 6.45) is 1.62. The molecule has 1 saturated carbocycles. The molecule has 1 aromatic rings. The highest BCUT2D eigenvalue weighted by molar-refractivity contribution is 6.35. The number of ether oxygens (including phenoxy) is 2. The van der Waals surface area contributed by atoms with Crippen LogP contribution in [0.25, 0.3) is 5.57 Å². The summed E-state index contributed by atoms with van der Waals surface area (Å²) < 4.78 is 10.9.